The zero-order valence-electron chi connectivity index (χ0n) is 17.3. The molecule has 1 aliphatic carbocycles. The maximum atomic E-state index is 12.6. The number of ether oxygens (including phenoxy) is 2. The Balaban J connectivity index is 1.26. The number of carbonyl (C=O) groups is 2. The van der Waals surface area contributed by atoms with Crippen LogP contribution in [0.2, 0.25) is 0 Å². The van der Waals surface area contributed by atoms with Crippen molar-refractivity contribution in [2.75, 3.05) is 43.5 Å². The maximum Gasteiger partial charge on any atom is 0.340 e. The van der Waals surface area contributed by atoms with E-state index in [1.54, 1.807) is 12.1 Å². The van der Waals surface area contributed by atoms with E-state index in [1.165, 1.54) is 34.8 Å². The molecule has 0 spiro atoms. The van der Waals surface area contributed by atoms with Crippen molar-refractivity contribution in [3.63, 3.8) is 0 Å². The van der Waals surface area contributed by atoms with E-state index in [2.05, 4.69) is 15.6 Å². The van der Waals surface area contributed by atoms with E-state index in [-0.39, 0.29) is 10.5 Å². The highest BCUT2D eigenvalue weighted by atomic mass is 32.2. The van der Waals surface area contributed by atoms with Gasteiger partial charge in [-0.25, -0.2) is 18.2 Å². The SMILES string of the molecule is O=C(COC(=O)c1ccc(NC2CC2)nc1)Nc1ccc(S(=O)(=O)N2CCOCC2)cc1. The molecule has 2 N–H and O–H groups in total. The lowest BCUT2D eigenvalue weighted by Crippen LogP contribution is -2.40. The van der Waals surface area contributed by atoms with Crippen LogP contribution in [0.3, 0.4) is 0 Å². The summed E-state index contributed by atoms with van der Waals surface area (Å²) >= 11 is 0. The van der Waals surface area contributed by atoms with E-state index >= 15 is 0 Å². The molecule has 0 atom stereocenters. The first-order chi connectivity index (χ1) is 15.4. The Morgan fingerprint density at radius 3 is 2.44 bits per heavy atom. The van der Waals surface area contributed by atoms with Gasteiger partial charge in [-0.2, -0.15) is 4.31 Å². The van der Waals surface area contributed by atoms with Crippen molar-refractivity contribution in [3.8, 4) is 0 Å². The van der Waals surface area contributed by atoms with Crippen molar-refractivity contribution in [1.82, 2.24) is 9.29 Å². The number of anilines is 2. The fourth-order valence-corrected chi connectivity index (χ4v) is 4.50. The molecule has 1 aromatic carbocycles. The summed E-state index contributed by atoms with van der Waals surface area (Å²) in [4.78, 5) is 28.5. The van der Waals surface area contributed by atoms with Gasteiger partial charge in [-0.05, 0) is 49.2 Å². The molecule has 2 aromatic rings. The Bertz CT molecular complexity index is 1060. The number of hydrogen-bond donors (Lipinski definition) is 2. The topological polar surface area (TPSA) is 127 Å². The number of morpholine rings is 1. The number of sulfonamides is 1. The normalized spacial score (nSPS) is 16.9. The maximum absolute atomic E-state index is 12.6. The minimum absolute atomic E-state index is 0.135. The molecule has 4 rings (SSSR count). The summed E-state index contributed by atoms with van der Waals surface area (Å²) in [5.41, 5.74) is 0.640. The Morgan fingerprint density at radius 2 is 1.81 bits per heavy atom. The summed E-state index contributed by atoms with van der Waals surface area (Å²) in [5, 5.41) is 5.79. The fraction of sp³-hybridized carbons (Fsp3) is 0.381. The highest BCUT2D eigenvalue weighted by Gasteiger charge is 2.26. The predicted octanol–water partition coefficient (Wildman–Crippen LogP) is 1.47. The molecule has 0 radical (unpaired) electrons. The summed E-state index contributed by atoms with van der Waals surface area (Å²) in [5.74, 6) is -0.499. The summed E-state index contributed by atoms with van der Waals surface area (Å²) < 4.78 is 36.8. The fourth-order valence-electron chi connectivity index (χ4n) is 3.09. The van der Waals surface area contributed by atoms with Gasteiger partial charge in [0.15, 0.2) is 6.61 Å². The van der Waals surface area contributed by atoms with Crippen LogP contribution in [-0.2, 0) is 24.3 Å². The van der Waals surface area contributed by atoms with Gasteiger partial charge in [-0.15, -0.1) is 0 Å². The number of esters is 1. The highest BCUT2D eigenvalue weighted by Crippen LogP contribution is 2.23. The first kappa shape index (κ1) is 22.2. The van der Waals surface area contributed by atoms with E-state index < -0.39 is 28.5 Å². The quantitative estimate of drug-likeness (QED) is 0.567. The standard InChI is InChI=1S/C21H24N4O6S/c26-20(14-31-21(27)15-1-8-19(22-13-15)23-16-2-3-16)24-17-4-6-18(7-5-17)32(28,29)25-9-11-30-12-10-25/h1,4-8,13,16H,2-3,9-12,14H2,(H,22,23)(H,24,26). The lowest BCUT2D eigenvalue weighted by atomic mass is 10.3. The van der Waals surface area contributed by atoms with Crippen molar-refractivity contribution < 1.29 is 27.5 Å². The molecule has 2 fully saturated rings. The molecular formula is C21H24N4O6S. The van der Waals surface area contributed by atoms with Gasteiger partial charge in [0.1, 0.15) is 5.82 Å². The van der Waals surface area contributed by atoms with Gasteiger partial charge < -0.3 is 20.1 Å². The number of benzene rings is 1. The van der Waals surface area contributed by atoms with Gasteiger partial charge >= 0.3 is 5.97 Å². The first-order valence-electron chi connectivity index (χ1n) is 10.3. The molecule has 0 unspecified atom stereocenters. The number of amides is 1. The zero-order valence-corrected chi connectivity index (χ0v) is 18.1. The molecule has 2 aliphatic rings. The van der Waals surface area contributed by atoms with Crippen LogP contribution in [0.4, 0.5) is 11.5 Å². The number of rotatable bonds is 8. The van der Waals surface area contributed by atoms with E-state index in [1.807, 2.05) is 0 Å². The Hall–Kier alpha value is -3.02. The van der Waals surface area contributed by atoms with Crippen LogP contribution in [0.15, 0.2) is 47.5 Å². The van der Waals surface area contributed by atoms with E-state index in [9.17, 15) is 18.0 Å². The average molecular weight is 461 g/mol. The van der Waals surface area contributed by atoms with Gasteiger partial charge in [0.25, 0.3) is 5.91 Å². The lowest BCUT2D eigenvalue weighted by Gasteiger charge is -2.26. The van der Waals surface area contributed by atoms with Crippen LogP contribution in [0.1, 0.15) is 23.2 Å². The second-order valence-electron chi connectivity index (χ2n) is 7.52. The molecular weight excluding hydrogens is 436 g/mol. The molecule has 32 heavy (non-hydrogen) atoms. The van der Waals surface area contributed by atoms with Crippen LogP contribution >= 0.6 is 0 Å². The second-order valence-corrected chi connectivity index (χ2v) is 9.45. The summed E-state index contributed by atoms with van der Waals surface area (Å²) in [6, 6.07) is 9.57. The Kier molecular flexibility index (Phi) is 6.68. The molecule has 170 valence electrons. The van der Waals surface area contributed by atoms with Crippen molar-refractivity contribution in [3.05, 3.63) is 48.2 Å². The van der Waals surface area contributed by atoms with E-state index in [4.69, 9.17) is 9.47 Å². The minimum atomic E-state index is -3.61. The van der Waals surface area contributed by atoms with Crippen molar-refractivity contribution in [2.45, 2.75) is 23.8 Å². The van der Waals surface area contributed by atoms with Crippen LogP contribution < -0.4 is 10.6 Å². The van der Waals surface area contributed by atoms with Crippen LogP contribution in [-0.4, -0.2) is 68.5 Å². The van der Waals surface area contributed by atoms with E-state index in [0.717, 1.165) is 12.8 Å². The van der Waals surface area contributed by atoms with Gasteiger partial charge in [-0.3, -0.25) is 4.79 Å². The molecule has 10 nitrogen and oxygen atoms in total. The molecule has 1 amide bonds. The monoisotopic (exact) mass is 460 g/mol. The number of nitrogens with zero attached hydrogens (tertiary/aromatic N) is 2. The van der Waals surface area contributed by atoms with Crippen molar-refractivity contribution >= 4 is 33.4 Å². The average Bonchev–Trinajstić information content (AvgIpc) is 3.63. The van der Waals surface area contributed by atoms with Crippen molar-refractivity contribution in [1.29, 1.82) is 0 Å². The minimum Gasteiger partial charge on any atom is -0.452 e. The number of aromatic nitrogens is 1. The number of hydrogen-bond acceptors (Lipinski definition) is 8. The lowest BCUT2D eigenvalue weighted by molar-refractivity contribution is -0.119. The highest BCUT2D eigenvalue weighted by molar-refractivity contribution is 7.89. The van der Waals surface area contributed by atoms with Crippen LogP contribution in [0, 0.1) is 0 Å². The third kappa shape index (κ3) is 5.61. The summed E-state index contributed by atoms with van der Waals surface area (Å²) in [6.07, 6.45) is 3.64. The van der Waals surface area contributed by atoms with E-state index in [0.29, 0.717) is 43.9 Å². The Morgan fingerprint density at radius 1 is 1.09 bits per heavy atom. The smallest absolute Gasteiger partial charge is 0.340 e. The molecule has 2 heterocycles. The predicted molar refractivity (Wildman–Crippen MR) is 116 cm³/mol. The summed E-state index contributed by atoms with van der Waals surface area (Å²) in [6.45, 7) is 0.866. The largest absolute Gasteiger partial charge is 0.452 e. The van der Waals surface area contributed by atoms with Gasteiger partial charge in [0.2, 0.25) is 10.0 Å². The molecule has 1 saturated carbocycles. The summed E-state index contributed by atoms with van der Waals surface area (Å²) in [7, 11) is -3.61. The molecule has 0 bridgehead atoms. The number of pyridine rings is 1. The second kappa shape index (κ2) is 9.63. The van der Waals surface area contributed by atoms with Crippen LogP contribution in [0.5, 0.6) is 0 Å². The van der Waals surface area contributed by atoms with Gasteiger partial charge in [0.05, 0.1) is 23.7 Å². The third-order valence-corrected chi connectivity index (χ3v) is 6.92. The van der Waals surface area contributed by atoms with Crippen molar-refractivity contribution in [2.24, 2.45) is 0 Å². The molecule has 1 aromatic heterocycles. The van der Waals surface area contributed by atoms with Gasteiger partial charge in [-0.1, -0.05) is 0 Å². The van der Waals surface area contributed by atoms with Crippen LogP contribution in [0.25, 0.3) is 0 Å². The van der Waals surface area contributed by atoms with Gasteiger partial charge in [0, 0.05) is 31.0 Å². The Labute approximate surface area is 186 Å². The molecule has 11 heteroatoms. The number of nitrogens with one attached hydrogen (secondary N) is 2. The first-order valence-corrected chi connectivity index (χ1v) is 11.7. The molecule has 1 saturated heterocycles. The zero-order chi connectivity index (χ0) is 22.6. The molecule has 1 aliphatic heterocycles. The third-order valence-electron chi connectivity index (χ3n) is 5.01. The number of carbonyl (C=O) groups excluding carboxylic acids is 2.